The highest BCUT2D eigenvalue weighted by Gasteiger charge is 2.52. The topological polar surface area (TPSA) is 34.1 Å². The molecule has 0 fully saturated rings. The normalized spacial score (nSPS) is 14.8. The van der Waals surface area contributed by atoms with E-state index in [1.165, 1.54) is 0 Å². The van der Waals surface area contributed by atoms with Crippen molar-refractivity contribution in [1.29, 1.82) is 0 Å². The van der Waals surface area contributed by atoms with Crippen LogP contribution in [0.4, 0.5) is 0 Å². The van der Waals surface area contributed by atoms with Gasteiger partial charge < -0.3 is 0 Å². The number of carbonyl (C=O) groups excluding carboxylic acids is 2. The third-order valence-corrected chi connectivity index (χ3v) is 5.62. The molecule has 0 atom stereocenters. The highest BCUT2D eigenvalue weighted by Crippen LogP contribution is 2.45. The summed E-state index contributed by atoms with van der Waals surface area (Å²) in [6.45, 7) is 4.18. The summed E-state index contributed by atoms with van der Waals surface area (Å²) < 4.78 is 0. The number of carbonyl (C=O) groups is 2. The van der Waals surface area contributed by atoms with Crippen LogP contribution in [0.5, 0.6) is 0 Å². The minimum absolute atomic E-state index is 0.125. The van der Waals surface area contributed by atoms with Gasteiger partial charge >= 0.3 is 0 Å². The van der Waals surface area contributed by atoms with Crippen LogP contribution in [0.2, 0.25) is 5.02 Å². The number of Topliss-reactive ketones (excluding diaryl/α,β-unsaturated/α-hetero) is 2. The molecule has 0 radical (unpaired) electrons. The zero-order chi connectivity index (χ0) is 19.7. The van der Waals surface area contributed by atoms with Crippen molar-refractivity contribution in [2.45, 2.75) is 12.8 Å². The standard InChI is InChI=1S/C25H19ClO2/c1-17(19-10-7-11-20(26)14-19)15-25(16-18-8-3-2-4-9-18)23(27)21-12-5-6-13-22(21)24(25)28/h2-14H,1,15-16H2. The maximum atomic E-state index is 13.5. The lowest BCUT2D eigenvalue weighted by Gasteiger charge is -2.27. The molecule has 0 saturated carbocycles. The smallest absolute Gasteiger partial charge is 0.178 e. The molecular weight excluding hydrogens is 368 g/mol. The van der Waals surface area contributed by atoms with Gasteiger partial charge in [0.25, 0.3) is 0 Å². The fourth-order valence-electron chi connectivity index (χ4n) is 4.00. The molecule has 0 aliphatic heterocycles. The van der Waals surface area contributed by atoms with E-state index in [4.69, 9.17) is 11.6 Å². The molecule has 1 aliphatic carbocycles. The van der Waals surface area contributed by atoms with Crippen LogP contribution in [-0.4, -0.2) is 11.6 Å². The second-order valence-corrected chi connectivity index (χ2v) is 7.68. The van der Waals surface area contributed by atoms with Crippen LogP contribution >= 0.6 is 11.6 Å². The van der Waals surface area contributed by atoms with Gasteiger partial charge in [-0.25, -0.2) is 0 Å². The lowest BCUT2D eigenvalue weighted by atomic mass is 9.72. The monoisotopic (exact) mass is 386 g/mol. The molecule has 138 valence electrons. The quantitative estimate of drug-likeness (QED) is 0.500. The van der Waals surface area contributed by atoms with Crippen molar-refractivity contribution in [3.63, 3.8) is 0 Å². The summed E-state index contributed by atoms with van der Waals surface area (Å²) in [4.78, 5) is 27.0. The Bertz CT molecular complexity index is 1050. The molecule has 28 heavy (non-hydrogen) atoms. The number of hydrogen-bond donors (Lipinski definition) is 0. The molecule has 0 aromatic heterocycles. The summed E-state index contributed by atoms with van der Waals surface area (Å²) in [6, 6.07) is 24.1. The fourth-order valence-corrected chi connectivity index (χ4v) is 4.19. The van der Waals surface area contributed by atoms with Gasteiger partial charge in [0, 0.05) is 16.1 Å². The first-order valence-electron chi connectivity index (χ1n) is 9.17. The molecule has 0 spiro atoms. The van der Waals surface area contributed by atoms with Gasteiger partial charge in [0.15, 0.2) is 11.6 Å². The van der Waals surface area contributed by atoms with Gasteiger partial charge in [0.1, 0.15) is 5.41 Å². The first kappa shape index (κ1) is 18.4. The van der Waals surface area contributed by atoms with Crippen LogP contribution in [0.25, 0.3) is 5.57 Å². The number of rotatable bonds is 5. The zero-order valence-electron chi connectivity index (χ0n) is 15.3. The Hall–Kier alpha value is -2.97. The third-order valence-electron chi connectivity index (χ3n) is 5.38. The van der Waals surface area contributed by atoms with Gasteiger partial charge in [-0.1, -0.05) is 84.9 Å². The van der Waals surface area contributed by atoms with E-state index in [0.717, 1.165) is 16.7 Å². The summed E-state index contributed by atoms with van der Waals surface area (Å²) in [5.41, 5.74) is 2.36. The Morgan fingerprint density at radius 2 is 1.43 bits per heavy atom. The second-order valence-electron chi connectivity index (χ2n) is 7.24. The molecule has 0 heterocycles. The van der Waals surface area contributed by atoms with E-state index in [1.807, 2.05) is 48.5 Å². The van der Waals surface area contributed by atoms with Crippen molar-refractivity contribution in [3.05, 3.63) is 113 Å². The van der Waals surface area contributed by atoms with Gasteiger partial charge in [-0.05, 0) is 41.7 Å². The van der Waals surface area contributed by atoms with Crippen molar-refractivity contribution in [1.82, 2.24) is 0 Å². The van der Waals surface area contributed by atoms with Gasteiger partial charge in [0.05, 0.1) is 0 Å². The van der Waals surface area contributed by atoms with E-state index in [2.05, 4.69) is 6.58 Å². The average Bonchev–Trinajstić information content (AvgIpc) is 2.91. The highest BCUT2D eigenvalue weighted by atomic mass is 35.5. The Labute approximate surface area is 169 Å². The van der Waals surface area contributed by atoms with Crippen molar-refractivity contribution in [2.24, 2.45) is 5.41 Å². The molecule has 2 nitrogen and oxygen atoms in total. The van der Waals surface area contributed by atoms with E-state index in [1.54, 1.807) is 30.3 Å². The van der Waals surface area contributed by atoms with Gasteiger partial charge in [-0.2, -0.15) is 0 Å². The first-order chi connectivity index (χ1) is 13.5. The van der Waals surface area contributed by atoms with Crippen LogP contribution in [0.1, 0.15) is 38.3 Å². The molecule has 4 rings (SSSR count). The molecular formula is C25H19ClO2. The van der Waals surface area contributed by atoms with Gasteiger partial charge in [-0.3, -0.25) is 9.59 Å². The Kier molecular flexibility index (Phi) is 4.74. The van der Waals surface area contributed by atoms with Crippen molar-refractivity contribution < 1.29 is 9.59 Å². The van der Waals surface area contributed by atoms with Crippen LogP contribution in [-0.2, 0) is 6.42 Å². The van der Waals surface area contributed by atoms with Crippen LogP contribution < -0.4 is 0 Å². The van der Waals surface area contributed by atoms with Crippen LogP contribution in [0.15, 0.2) is 85.4 Å². The Balaban J connectivity index is 1.78. The lowest BCUT2D eigenvalue weighted by molar-refractivity contribution is 0.0702. The fraction of sp³-hybridized carbons (Fsp3) is 0.120. The molecule has 3 aromatic rings. The first-order valence-corrected chi connectivity index (χ1v) is 9.55. The van der Waals surface area contributed by atoms with Crippen molar-refractivity contribution in [3.8, 4) is 0 Å². The second kappa shape index (κ2) is 7.21. The van der Waals surface area contributed by atoms with Crippen molar-refractivity contribution >= 4 is 28.7 Å². The van der Waals surface area contributed by atoms with E-state index >= 15 is 0 Å². The van der Waals surface area contributed by atoms with E-state index < -0.39 is 5.41 Å². The maximum Gasteiger partial charge on any atom is 0.178 e. The Morgan fingerprint density at radius 3 is 2.04 bits per heavy atom. The molecule has 0 N–H and O–H groups in total. The number of benzene rings is 3. The summed E-state index contributed by atoms with van der Waals surface area (Å²) in [5.74, 6) is -0.250. The largest absolute Gasteiger partial charge is 0.293 e. The number of hydrogen-bond acceptors (Lipinski definition) is 2. The molecule has 3 heteroatoms. The zero-order valence-corrected chi connectivity index (χ0v) is 16.1. The maximum absolute atomic E-state index is 13.5. The number of fused-ring (bicyclic) bond motifs is 1. The van der Waals surface area contributed by atoms with Crippen molar-refractivity contribution in [2.75, 3.05) is 0 Å². The summed E-state index contributed by atoms with van der Waals surface area (Å²) in [7, 11) is 0. The molecule has 0 amide bonds. The molecule has 0 saturated heterocycles. The van der Waals surface area contributed by atoms with Crippen LogP contribution in [0, 0.1) is 5.41 Å². The van der Waals surface area contributed by atoms with E-state index in [9.17, 15) is 9.59 Å². The van der Waals surface area contributed by atoms with Gasteiger partial charge in [-0.15, -0.1) is 0 Å². The van der Waals surface area contributed by atoms with Gasteiger partial charge in [0.2, 0.25) is 0 Å². The summed E-state index contributed by atoms with van der Waals surface area (Å²) >= 11 is 6.13. The highest BCUT2D eigenvalue weighted by molar-refractivity contribution is 6.31. The number of ketones is 2. The minimum Gasteiger partial charge on any atom is -0.293 e. The Morgan fingerprint density at radius 1 is 0.821 bits per heavy atom. The SMILES string of the molecule is C=C(CC1(Cc2ccccc2)C(=O)c2ccccc2C1=O)c1cccc(Cl)c1. The molecule has 3 aromatic carbocycles. The average molecular weight is 387 g/mol. The summed E-state index contributed by atoms with van der Waals surface area (Å²) in [6.07, 6.45) is 0.606. The summed E-state index contributed by atoms with van der Waals surface area (Å²) in [5, 5.41) is 0.600. The molecule has 1 aliphatic rings. The predicted octanol–water partition coefficient (Wildman–Crippen LogP) is 6.05. The van der Waals surface area contributed by atoms with E-state index in [0.29, 0.717) is 22.6 Å². The number of allylic oxidation sites excluding steroid dienone is 1. The minimum atomic E-state index is -1.18. The molecule has 0 unspecified atom stereocenters. The van der Waals surface area contributed by atoms with E-state index in [-0.39, 0.29) is 18.0 Å². The predicted molar refractivity (Wildman–Crippen MR) is 113 cm³/mol. The lowest BCUT2D eigenvalue weighted by Crippen LogP contribution is -2.36. The molecule has 0 bridgehead atoms. The third kappa shape index (κ3) is 3.10. The number of halogens is 1. The van der Waals surface area contributed by atoms with Crippen LogP contribution in [0.3, 0.4) is 0 Å².